The summed E-state index contributed by atoms with van der Waals surface area (Å²) >= 11 is 0. The fraction of sp³-hybridized carbons (Fsp3) is 0.316. The molecule has 0 aliphatic carbocycles. The predicted octanol–water partition coefficient (Wildman–Crippen LogP) is 2.41. The number of hydrogen-bond acceptors (Lipinski definition) is 3. The van der Waals surface area contributed by atoms with Gasteiger partial charge in [0.2, 0.25) is 0 Å². The number of benzene rings is 2. The van der Waals surface area contributed by atoms with Gasteiger partial charge in [-0.2, -0.15) is 0 Å². The Labute approximate surface area is 141 Å². The van der Waals surface area contributed by atoms with Gasteiger partial charge in [0.25, 0.3) is 5.91 Å². The van der Waals surface area contributed by atoms with Gasteiger partial charge in [0.1, 0.15) is 5.82 Å². The third-order valence-electron chi connectivity index (χ3n) is 4.40. The van der Waals surface area contributed by atoms with Gasteiger partial charge in [-0.05, 0) is 42.3 Å². The van der Waals surface area contributed by atoms with E-state index in [1.54, 1.807) is 36.4 Å². The largest absolute Gasteiger partial charge is 0.399 e. The maximum atomic E-state index is 13.2. The van der Waals surface area contributed by atoms with Crippen molar-refractivity contribution >= 4 is 11.6 Å². The first-order valence-electron chi connectivity index (χ1n) is 8.23. The molecule has 2 aromatic carbocycles. The Kier molecular flexibility index (Phi) is 5.11. The molecule has 2 aromatic rings. The number of nitrogens with two attached hydrogens (primary N) is 1. The molecule has 126 valence electrons. The summed E-state index contributed by atoms with van der Waals surface area (Å²) in [6.07, 6.45) is 0.820. The molecule has 1 aliphatic rings. The number of rotatable bonds is 4. The highest BCUT2D eigenvalue weighted by atomic mass is 19.1. The highest BCUT2D eigenvalue weighted by Gasteiger charge is 2.21. The van der Waals surface area contributed by atoms with Crippen LogP contribution in [0.3, 0.4) is 0 Å². The van der Waals surface area contributed by atoms with Crippen molar-refractivity contribution in [2.45, 2.75) is 6.42 Å². The van der Waals surface area contributed by atoms with Crippen LogP contribution >= 0.6 is 0 Å². The summed E-state index contributed by atoms with van der Waals surface area (Å²) < 4.78 is 13.2. The maximum Gasteiger partial charge on any atom is 0.254 e. The number of amides is 1. The monoisotopic (exact) mass is 327 g/mol. The second kappa shape index (κ2) is 7.45. The number of anilines is 1. The summed E-state index contributed by atoms with van der Waals surface area (Å²) in [5, 5.41) is 0. The van der Waals surface area contributed by atoms with Crippen molar-refractivity contribution in [1.29, 1.82) is 0 Å². The first kappa shape index (κ1) is 16.5. The Morgan fingerprint density at radius 3 is 2.50 bits per heavy atom. The van der Waals surface area contributed by atoms with Gasteiger partial charge < -0.3 is 10.6 Å². The van der Waals surface area contributed by atoms with Crippen LogP contribution in [0.15, 0.2) is 48.5 Å². The minimum absolute atomic E-state index is 0.0343. The van der Waals surface area contributed by atoms with Gasteiger partial charge >= 0.3 is 0 Å². The van der Waals surface area contributed by atoms with Gasteiger partial charge in [-0.25, -0.2) is 4.39 Å². The smallest absolute Gasteiger partial charge is 0.254 e. The number of nitrogen functional groups attached to an aromatic ring is 1. The van der Waals surface area contributed by atoms with Gasteiger partial charge in [0.05, 0.1) is 0 Å². The van der Waals surface area contributed by atoms with E-state index in [1.807, 2.05) is 11.0 Å². The lowest BCUT2D eigenvalue weighted by Gasteiger charge is -2.34. The predicted molar refractivity (Wildman–Crippen MR) is 93.3 cm³/mol. The van der Waals surface area contributed by atoms with Gasteiger partial charge in [0.15, 0.2) is 0 Å². The molecule has 0 aromatic heterocycles. The van der Waals surface area contributed by atoms with Crippen molar-refractivity contribution in [1.82, 2.24) is 9.80 Å². The number of carbonyl (C=O) groups excluding carboxylic acids is 1. The van der Waals surface area contributed by atoms with Crippen LogP contribution in [0.4, 0.5) is 10.1 Å². The fourth-order valence-corrected chi connectivity index (χ4v) is 3.01. The van der Waals surface area contributed by atoms with Crippen molar-refractivity contribution < 1.29 is 9.18 Å². The summed E-state index contributed by atoms with van der Waals surface area (Å²) in [5.41, 5.74) is 8.00. The van der Waals surface area contributed by atoms with Crippen molar-refractivity contribution in [2.75, 3.05) is 38.5 Å². The van der Waals surface area contributed by atoms with Crippen LogP contribution in [0.25, 0.3) is 0 Å². The van der Waals surface area contributed by atoms with E-state index >= 15 is 0 Å². The average Bonchev–Trinajstić information content (AvgIpc) is 2.60. The topological polar surface area (TPSA) is 49.6 Å². The summed E-state index contributed by atoms with van der Waals surface area (Å²) in [6, 6.07) is 13.8. The number of hydrogen-bond donors (Lipinski definition) is 1. The minimum Gasteiger partial charge on any atom is -0.399 e. The van der Waals surface area contributed by atoms with E-state index in [-0.39, 0.29) is 11.7 Å². The molecule has 0 atom stereocenters. The van der Waals surface area contributed by atoms with Crippen molar-refractivity contribution in [3.63, 3.8) is 0 Å². The summed E-state index contributed by atoms with van der Waals surface area (Å²) in [7, 11) is 0. The zero-order chi connectivity index (χ0) is 16.9. The Morgan fingerprint density at radius 2 is 1.79 bits per heavy atom. The lowest BCUT2D eigenvalue weighted by atomic mass is 10.1. The number of nitrogens with zero attached hydrogens (tertiary/aromatic N) is 2. The standard InChI is InChI=1S/C19H22FN3O/c20-17-5-1-3-15(13-17)7-8-22-9-11-23(12-10-22)19(24)16-4-2-6-18(21)14-16/h1-6,13-14H,7-12,21H2. The van der Waals surface area contributed by atoms with E-state index in [9.17, 15) is 9.18 Å². The SMILES string of the molecule is Nc1cccc(C(=O)N2CCN(CCc3cccc(F)c3)CC2)c1. The molecular weight excluding hydrogens is 305 g/mol. The summed E-state index contributed by atoms with van der Waals surface area (Å²) in [5.74, 6) is -0.155. The average molecular weight is 327 g/mol. The molecule has 3 rings (SSSR count). The molecule has 0 saturated carbocycles. The van der Waals surface area contributed by atoms with Crippen LogP contribution in [-0.4, -0.2) is 48.4 Å². The number of carbonyl (C=O) groups is 1. The first-order valence-corrected chi connectivity index (χ1v) is 8.23. The molecule has 5 heteroatoms. The Morgan fingerprint density at radius 1 is 1.04 bits per heavy atom. The van der Waals surface area contributed by atoms with Gasteiger partial charge in [0, 0.05) is 44.0 Å². The Balaban J connectivity index is 1.49. The lowest BCUT2D eigenvalue weighted by Crippen LogP contribution is -2.49. The van der Waals surface area contributed by atoms with E-state index in [0.29, 0.717) is 24.3 Å². The molecule has 2 N–H and O–H groups in total. The molecule has 0 unspecified atom stereocenters. The summed E-state index contributed by atoms with van der Waals surface area (Å²) in [4.78, 5) is 16.7. The van der Waals surface area contributed by atoms with Crippen LogP contribution < -0.4 is 5.73 Å². The van der Waals surface area contributed by atoms with Gasteiger partial charge in [-0.15, -0.1) is 0 Å². The van der Waals surface area contributed by atoms with Crippen LogP contribution in [0.2, 0.25) is 0 Å². The van der Waals surface area contributed by atoms with E-state index in [2.05, 4.69) is 4.90 Å². The molecule has 1 aliphatic heterocycles. The van der Waals surface area contributed by atoms with Crippen molar-refractivity contribution in [2.24, 2.45) is 0 Å². The van der Waals surface area contributed by atoms with Crippen LogP contribution in [0.1, 0.15) is 15.9 Å². The zero-order valence-corrected chi connectivity index (χ0v) is 13.6. The van der Waals surface area contributed by atoms with E-state index in [0.717, 1.165) is 31.6 Å². The molecule has 0 bridgehead atoms. The maximum absolute atomic E-state index is 13.2. The molecule has 4 nitrogen and oxygen atoms in total. The molecule has 0 radical (unpaired) electrons. The molecule has 0 spiro atoms. The molecular formula is C19H22FN3O. The molecule has 24 heavy (non-hydrogen) atoms. The van der Waals surface area contributed by atoms with Crippen LogP contribution in [0.5, 0.6) is 0 Å². The third kappa shape index (κ3) is 4.11. The quantitative estimate of drug-likeness (QED) is 0.878. The highest BCUT2D eigenvalue weighted by Crippen LogP contribution is 2.12. The Bertz CT molecular complexity index is 711. The second-order valence-corrected chi connectivity index (χ2v) is 6.14. The number of halogens is 1. The normalized spacial score (nSPS) is 15.5. The molecule has 1 saturated heterocycles. The van der Waals surface area contributed by atoms with Crippen LogP contribution in [0, 0.1) is 5.82 Å². The number of piperazine rings is 1. The first-order chi connectivity index (χ1) is 11.6. The van der Waals surface area contributed by atoms with Crippen molar-refractivity contribution in [3.8, 4) is 0 Å². The fourth-order valence-electron chi connectivity index (χ4n) is 3.01. The highest BCUT2D eigenvalue weighted by molar-refractivity contribution is 5.95. The van der Waals surface area contributed by atoms with E-state index < -0.39 is 0 Å². The van der Waals surface area contributed by atoms with E-state index in [1.165, 1.54) is 6.07 Å². The second-order valence-electron chi connectivity index (χ2n) is 6.14. The Hall–Kier alpha value is -2.40. The van der Waals surface area contributed by atoms with Crippen molar-refractivity contribution in [3.05, 3.63) is 65.5 Å². The molecule has 1 amide bonds. The van der Waals surface area contributed by atoms with E-state index in [4.69, 9.17) is 5.73 Å². The van der Waals surface area contributed by atoms with Gasteiger partial charge in [-0.1, -0.05) is 18.2 Å². The van der Waals surface area contributed by atoms with Crippen LogP contribution in [-0.2, 0) is 6.42 Å². The zero-order valence-electron chi connectivity index (χ0n) is 13.6. The molecule has 1 fully saturated rings. The lowest BCUT2D eigenvalue weighted by molar-refractivity contribution is 0.0638. The third-order valence-corrected chi connectivity index (χ3v) is 4.40. The van der Waals surface area contributed by atoms with Gasteiger partial charge in [-0.3, -0.25) is 9.69 Å². The molecule has 1 heterocycles. The minimum atomic E-state index is -0.190. The summed E-state index contributed by atoms with van der Waals surface area (Å²) in [6.45, 7) is 3.96.